The number of carbonyl (C=O) groups is 1. The van der Waals surface area contributed by atoms with Crippen LogP contribution in [-0.4, -0.2) is 109 Å². The molecule has 226 valence electrons. The van der Waals surface area contributed by atoms with Gasteiger partial charge in [0.1, 0.15) is 24.9 Å². The van der Waals surface area contributed by atoms with E-state index in [0.29, 0.717) is 38.5 Å². The van der Waals surface area contributed by atoms with Crippen molar-refractivity contribution in [2.45, 2.75) is 119 Å². The summed E-state index contributed by atoms with van der Waals surface area (Å²) in [5.41, 5.74) is -3.43. The Morgan fingerprint density at radius 3 is 2.42 bits per heavy atom. The molecule has 11 heteroatoms. The molecule has 0 unspecified atom stereocenters. The van der Waals surface area contributed by atoms with Crippen molar-refractivity contribution < 1.29 is 54.8 Å². The summed E-state index contributed by atoms with van der Waals surface area (Å²) < 4.78 is 16.8. The van der Waals surface area contributed by atoms with Crippen LogP contribution < -0.4 is 0 Å². The highest BCUT2D eigenvalue weighted by atomic mass is 16.7. The summed E-state index contributed by atoms with van der Waals surface area (Å²) >= 11 is 0. The Labute approximate surface area is 233 Å². The van der Waals surface area contributed by atoms with E-state index in [1.54, 1.807) is 6.92 Å². The molecule has 5 fully saturated rings. The molecule has 0 bridgehead atoms. The van der Waals surface area contributed by atoms with Crippen molar-refractivity contribution in [1.82, 2.24) is 0 Å². The molecule has 6 aliphatic rings. The maximum Gasteiger partial charge on any atom is 0.331 e. The zero-order valence-corrected chi connectivity index (χ0v) is 23.2. The third-order valence-electron chi connectivity index (χ3n) is 12.1. The first-order valence-electron chi connectivity index (χ1n) is 14.8. The number of fused-ring (bicyclic) bond motifs is 5. The minimum absolute atomic E-state index is 0.104. The normalized spacial score (nSPS) is 56.1. The molecule has 14 atom stereocenters. The highest BCUT2D eigenvalue weighted by Crippen LogP contribution is 2.70. The Bertz CT molecular complexity index is 1050. The lowest BCUT2D eigenvalue weighted by Gasteiger charge is -2.67. The summed E-state index contributed by atoms with van der Waals surface area (Å²) in [5, 5.41) is 77.8. The van der Waals surface area contributed by atoms with Gasteiger partial charge in [-0.25, -0.2) is 4.79 Å². The van der Waals surface area contributed by atoms with Crippen molar-refractivity contribution in [2.75, 3.05) is 13.2 Å². The first-order chi connectivity index (χ1) is 18.8. The van der Waals surface area contributed by atoms with E-state index in [1.165, 1.54) is 6.08 Å². The number of aliphatic hydroxyl groups is 7. The molecule has 0 aromatic carbocycles. The number of carbonyl (C=O) groups excluding carboxylic acids is 1. The van der Waals surface area contributed by atoms with Crippen LogP contribution in [0.15, 0.2) is 11.6 Å². The average Bonchev–Trinajstić information content (AvgIpc) is 3.45. The van der Waals surface area contributed by atoms with Crippen molar-refractivity contribution in [3.8, 4) is 0 Å². The van der Waals surface area contributed by atoms with Crippen LogP contribution in [0.2, 0.25) is 0 Å². The fraction of sp³-hybridized carbons (Fsp3) is 0.897. The van der Waals surface area contributed by atoms with Crippen LogP contribution in [0.1, 0.15) is 65.2 Å². The van der Waals surface area contributed by atoms with Gasteiger partial charge in [-0.2, -0.15) is 0 Å². The first kappa shape index (κ1) is 28.9. The van der Waals surface area contributed by atoms with Crippen molar-refractivity contribution in [1.29, 1.82) is 0 Å². The van der Waals surface area contributed by atoms with E-state index in [0.717, 1.165) is 5.57 Å². The molecule has 6 rings (SSSR count). The lowest BCUT2D eigenvalue weighted by molar-refractivity contribution is -0.327. The third-order valence-corrected chi connectivity index (χ3v) is 12.1. The number of cyclic esters (lactones) is 1. The predicted molar refractivity (Wildman–Crippen MR) is 137 cm³/mol. The van der Waals surface area contributed by atoms with Gasteiger partial charge in [-0.15, -0.1) is 0 Å². The summed E-state index contributed by atoms with van der Waals surface area (Å²) in [6.07, 6.45) is -2.94. The number of aliphatic hydroxyl groups excluding tert-OH is 5. The largest absolute Gasteiger partial charge is 0.458 e. The monoisotopic (exact) mass is 568 g/mol. The molecule has 0 aromatic rings. The molecule has 7 N–H and O–H groups in total. The highest BCUT2D eigenvalue weighted by molar-refractivity contribution is 5.85. The maximum absolute atomic E-state index is 12.4. The van der Waals surface area contributed by atoms with Crippen LogP contribution in [0.25, 0.3) is 0 Å². The van der Waals surface area contributed by atoms with E-state index in [-0.39, 0.29) is 43.9 Å². The summed E-state index contributed by atoms with van der Waals surface area (Å²) in [6.45, 7) is 3.41. The van der Waals surface area contributed by atoms with Crippen molar-refractivity contribution >= 4 is 5.97 Å². The molecule has 4 saturated carbocycles. The number of rotatable bonds is 4. The maximum atomic E-state index is 12.4. The summed E-state index contributed by atoms with van der Waals surface area (Å²) in [5.74, 6) is -1.38. The highest BCUT2D eigenvalue weighted by Gasteiger charge is 2.73. The van der Waals surface area contributed by atoms with Crippen LogP contribution in [0.4, 0.5) is 0 Å². The van der Waals surface area contributed by atoms with Crippen molar-refractivity contribution in [3.05, 3.63) is 11.6 Å². The molecule has 4 aliphatic carbocycles. The van der Waals surface area contributed by atoms with Crippen LogP contribution in [0, 0.1) is 28.6 Å². The Hall–Kier alpha value is -1.15. The van der Waals surface area contributed by atoms with Crippen molar-refractivity contribution in [3.63, 3.8) is 0 Å². The molecule has 0 radical (unpaired) electrons. The Kier molecular flexibility index (Phi) is 7.01. The van der Waals surface area contributed by atoms with E-state index in [2.05, 4.69) is 0 Å². The number of ether oxygens (including phenoxy) is 3. The van der Waals surface area contributed by atoms with E-state index in [4.69, 9.17) is 14.2 Å². The van der Waals surface area contributed by atoms with E-state index in [9.17, 15) is 40.5 Å². The summed E-state index contributed by atoms with van der Waals surface area (Å²) in [6, 6.07) is 0. The zero-order chi connectivity index (χ0) is 28.8. The van der Waals surface area contributed by atoms with Crippen LogP contribution in [0.5, 0.6) is 0 Å². The fourth-order valence-electron chi connectivity index (χ4n) is 10.0. The smallest absolute Gasteiger partial charge is 0.331 e. The Morgan fingerprint density at radius 1 is 1.00 bits per heavy atom. The SMILES string of the molecule is C[C@@H]1O[C@H](O[C@@H]2CC[C@]3(CO)[C@H]4[C@H](O)C[C@]5(C)[C@H](C6=CC(=O)OC6)CC[C@]5(O)[C@@H]4CC[C@]3(O)C2)[C@H](O)[C@@H](O)[C@@H]1O. The second-order valence-corrected chi connectivity index (χ2v) is 13.7. The molecule has 11 nitrogen and oxygen atoms in total. The van der Waals surface area contributed by atoms with Gasteiger partial charge in [-0.05, 0) is 69.3 Å². The third kappa shape index (κ3) is 3.85. The molecular formula is C29H44O11. The molecule has 0 amide bonds. The van der Waals surface area contributed by atoms with Gasteiger partial charge in [-0.1, -0.05) is 6.92 Å². The van der Waals surface area contributed by atoms with Crippen LogP contribution in [-0.2, 0) is 19.0 Å². The predicted octanol–water partition coefficient (Wildman–Crippen LogP) is -0.486. The van der Waals surface area contributed by atoms with Gasteiger partial charge in [0.2, 0.25) is 0 Å². The van der Waals surface area contributed by atoms with Gasteiger partial charge in [0.15, 0.2) is 6.29 Å². The van der Waals surface area contributed by atoms with Gasteiger partial charge >= 0.3 is 5.97 Å². The minimum atomic E-state index is -1.46. The number of hydrogen-bond donors (Lipinski definition) is 7. The van der Waals surface area contributed by atoms with E-state index < -0.39 is 70.9 Å². The van der Waals surface area contributed by atoms with Gasteiger partial charge in [0.05, 0.1) is 36.1 Å². The number of hydrogen-bond acceptors (Lipinski definition) is 11. The zero-order valence-electron chi connectivity index (χ0n) is 23.2. The molecule has 2 aliphatic heterocycles. The van der Waals surface area contributed by atoms with E-state index in [1.807, 2.05) is 6.92 Å². The molecule has 0 aromatic heterocycles. The molecule has 1 saturated heterocycles. The van der Waals surface area contributed by atoms with E-state index >= 15 is 0 Å². The molecule has 40 heavy (non-hydrogen) atoms. The second kappa shape index (κ2) is 9.68. The Morgan fingerprint density at radius 2 is 1.75 bits per heavy atom. The van der Waals surface area contributed by atoms with Gasteiger partial charge in [0.25, 0.3) is 0 Å². The second-order valence-electron chi connectivity index (χ2n) is 13.7. The van der Waals surface area contributed by atoms with Crippen LogP contribution in [0.3, 0.4) is 0 Å². The topological polar surface area (TPSA) is 186 Å². The van der Waals surface area contributed by atoms with Gasteiger partial charge in [-0.3, -0.25) is 0 Å². The quantitative estimate of drug-likeness (QED) is 0.171. The lowest BCUT2D eigenvalue weighted by Crippen LogP contribution is -2.72. The van der Waals surface area contributed by atoms with Crippen molar-refractivity contribution in [2.24, 2.45) is 28.6 Å². The van der Waals surface area contributed by atoms with Gasteiger partial charge in [0, 0.05) is 29.2 Å². The summed E-state index contributed by atoms with van der Waals surface area (Å²) in [4.78, 5) is 11.8. The first-order valence-corrected chi connectivity index (χ1v) is 14.8. The Balaban J connectivity index is 1.25. The van der Waals surface area contributed by atoms with Crippen LogP contribution >= 0.6 is 0 Å². The van der Waals surface area contributed by atoms with Gasteiger partial charge < -0.3 is 50.0 Å². The number of esters is 1. The molecular weight excluding hydrogens is 524 g/mol. The average molecular weight is 569 g/mol. The fourth-order valence-corrected chi connectivity index (χ4v) is 10.0. The lowest BCUT2D eigenvalue weighted by atomic mass is 9.40. The summed E-state index contributed by atoms with van der Waals surface area (Å²) in [7, 11) is 0. The standard InChI is InChI=1S/C29H44O11/c1-14-22(33)23(34)24(35)25(39-14)40-16-3-6-27(13-30)21-18(4-7-28(27,36)10-16)29(37)8-5-17(15-9-20(32)38-12-15)26(29,2)11-19(21)31/h9,14,16-19,21-25,30-31,33-37H,3-8,10-13H2,1-2H3/t14-,16+,17-,18+,19+,21+,22+,23-,24+,25+,26+,27-,28-,29-/m0/s1. The molecule has 2 heterocycles. The molecule has 0 spiro atoms. The minimum Gasteiger partial charge on any atom is -0.458 e.